The van der Waals surface area contributed by atoms with Gasteiger partial charge in [0, 0.05) is 31.0 Å². The smallest absolute Gasteiger partial charge is 0.132 e. The third kappa shape index (κ3) is 3.00. The zero-order chi connectivity index (χ0) is 15.5. The van der Waals surface area contributed by atoms with Gasteiger partial charge >= 0.3 is 0 Å². The molecule has 116 valence electrons. The van der Waals surface area contributed by atoms with Gasteiger partial charge in [-0.05, 0) is 57.0 Å². The van der Waals surface area contributed by atoms with E-state index >= 15 is 0 Å². The Balaban J connectivity index is 1.78. The topological polar surface area (TPSA) is 19.4 Å². The molecule has 1 aromatic carbocycles. The molecule has 0 saturated carbocycles. The molecule has 0 amide bonds. The Morgan fingerprint density at radius 1 is 1.14 bits per heavy atom. The number of para-hydroxylation sites is 1. The summed E-state index contributed by atoms with van der Waals surface area (Å²) in [4.78, 5) is 9.40. The molecule has 3 nitrogen and oxygen atoms in total. The SMILES string of the molecule is CC(C)N1CCCC1c1ccc(N(C)c2ccccc2)nc1. The van der Waals surface area contributed by atoms with Crippen LogP contribution >= 0.6 is 0 Å². The molecule has 0 radical (unpaired) electrons. The Morgan fingerprint density at radius 3 is 2.55 bits per heavy atom. The number of pyridine rings is 1. The van der Waals surface area contributed by atoms with Crippen molar-refractivity contribution in [3.8, 4) is 0 Å². The highest BCUT2D eigenvalue weighted by Crippen LogP contribution is 2.33. The minimum absolute atomic E-state index is 0.531. The van der Waals surface area contributed by atoms with Crippen LogP contribution in [0, 0.1) is 0 Å². The minimum atomic E-state index is 0.531. The first kappa shape index (κ1) is 15.0. The van der Waals surface area contributed by atoms with Gasteiger partial charge in [0.25, 0.3) is 0 Å². The van der Waals surface area contributed by atoms with Crippen molar-refractivity contribution in [2.75, 3.05) is 18.5 Å². The summed E-state index contributed by atoms with van der Waals surface area (Å²) >= 11 is 0. The van der Waals surface area contributed by atoms with Crippen LogP contribution in [0.1, 0.15) is 38.3 Å². The Bertz CT molecular complexity index is 592. The molecule has 1 unspecified atom stereocenters. The predicted octanol–water partition coefficient (Wildman–Crippen LogP) is 4.39. The number of aromatic nitrogens is 1. The summed E-state index contributed by atoms with van der Waals surface area (Å²) in [6, 6.07) is 15.9. The van der Waals surface area contributed by atoms with Crippen molar-refractivity contribution in [1.29, 1.82) is 0 Å². The van der Waals surface area contributed by atoms with Gasteiger partial charge in [-0.2, -0.15) is 0 Å². The van der Waals surface area contributed by atoms with Crippen LogP contribution in [0.2, 0.25) is 0 Å². The third-order valence-electron chi connectivity index (χ3n) is 4.60. The molecule has 1 atom stereocenters. The molecule has 1 aliphatic heterocycles. The quantitative estimate of drug-likeness (QED) is 0.833. The minimum Gasteiger partial charge on any atom is -0.329 e. The van der Waals surface area contributed by atoms with Crippen molar-refractivity contribution in [2.24, 2.45) is 0 Å². The summed E-state index contributed by atoms with van der Waals surface area (Å²) < 4.78 is 0. The standard InChI is InChI=1S/C19H25N3/c1-15(2)22-13-7-10-18(22)16-11-12-19(20-14-16)21(3)17-8-5-4-6-9-17/h4-6,8-9,11-12,14-15,18H,7,10,13H2,1-3H3. The summed E-state index contributed by atoms with van der Waals surface area (Å²) in [6.07, 6.45) is 4.59. The molecule has 1 fully saturated rings. The second kappa shape index (κ2) is 6.49. The molecule has 0 spiro atoms. The van der Waals surface area contributed by atoms with E-state index in [4.69, 9.17) is 4.98 Å². The molecular weight excluding hydrogens is 270 g/mol. The number of nitrogens with zero attached hydrogens (tertiary/aromatic N) is 3. The summed E-state index contributed by atoms with van der Waals surface area (Å²) in [5, 5.41) is 0. The second-order valence-electron chi connectivity index (χ2n) is 6.33. The fourth-order valence-corrected chi connectivity index (χ4v) is 3.34. The maximum Gasteiger partial charge on any atom is 0.132 e. The van der Waals surface area contributed by atoms with Gasteiger partial charge < -0.3 is 4.90 Å². The number of benzene rings is 1. The number of hydrogen-bond acceptors (Lipinski definition) is 3. The number of rotatable bonds is 4. The molecule has 1 aromatic heterocycles. The highest BCUT2D eigenvalue weighted by molar-refractivity contribution is 5.58. The maximum absolute atomic E-state index is 4.69. The van der Waals surface area contributed by atoms with E-state index in [2.05, 4.69) is 73.3 Å². The maximum atomic E-state index is 4.69. The van der Waals surface area contributed by atoms with Crippen molar-refractivity contribution < 1.29 is 0 Å². The van der Waals surface area contributed by atoms with Crippen LogP contribution in [0.3, 0.4) is 0 Å². The van der Waals surface area contributed by atoms with E-state index in [-0.39, 0.29) is 0 Å². The van der Waals surface area contributed by atoms with E-state index in [0.717, 1.165) is 11.5 Å². The lowest BCUT2D eigenvalue weighted by molar-refractivity contribution is 0.205. The number of hydrogen-bond donors (Lipinski definition) is 0. The largest absolute Gasteiger partial charge is 0.329 e. The Hall–Kier alpha value is -1.87. The van der Waals surface area contributed by atoms with E-state index in [0.29, 0.717) is 12.1 Å². The first-order valence-corrected chi connectivity index (χ1v) is 8.17. The van der Waals surface area contributed by atoms with Crippen molar-refractivity contribution >= 4 is 11.5 Å². The summed E-state index contributed by atoms with van der Waals surface area (Å²) in [5.74, 6) is 0.990. The lowest BCUT2D eigenvalue weighted by Gasteiger charge is -2.28. The molecule has 3 heteroatoms. The Morgan fingerprint density at radius 2 is 1.91 bits per heavy atom. The Labute approximate surface area is 133 Å². The van der Waals surface area contributed by atoms with E-state index in [1.54, 1.807) is 0 Å². The highest BCUT2D eigenvalue weighted by Gasteiger charge is 2.27. The first-order chi connectivity index (χ1) is 10.7. The molecule has 22 heavy (non-hydrogen) atoms. The molecule has 1 aliphatic rings. The highest BCUT2D eigenvalue weighted by atomic mass is 15.2. The zero-order valence-electron chi connectivity index (χ0n) is 13.7. The van der Waals surface area contributed by atoms with Crippen LogP contribution in [0.15, 0.2) is 48.7 Å². The lowest BCUT2D eigenvalue weighted by atomic mass is 10.1. The fourth-order valence-electron chi connectivity index (χ4n) is 3.34. The molecule has 1 saturated heterocycles. The average molecular weight is 295 g/mol. The molecule has 0 aliphatic carbocycles. The van der Waals surface area contributed by atoms with E-state index in [9.17, 15) is 0 Å². The summed E-state index contributed by atoms with van der Waals surface area (Å²) in [7, 11) is 2.06. The van der Waals surface area contributed by atoms with E-state index in [1.165, 1.54) is 24.9 Å². The molecule has 2 aromatic rings. The normalized spacial score (nSPS) is 18.8. The molecule has 3 rings (SSSR count). The van der Waals surface area contributed by atoms with Crippen molar-refractivity contribution in [1.82, 2.24) is 9.88 Å². The molecular formula is C19H25N3. The van der Waals surface area contributed by atoms with Crippen LogP contribution in [0.5, 0.6) is 0 Å². The van der Waals surface area contributed by atoms with Gasteiger partial charge in [-0.15, -0.1) is 0 Å². The van der Waals surface area contributed by atoms with Gasteiger partial charge in [-0.1, -0.05) is 24.3 Å². The van der Waals surface area contributed by atoms with Crippen LogP contribution in [0.4, 0.5) is 11.5 Å². The van der Waals surface area contributed by atoms with Crippen LogP contribution in [0.25, 0.3) is 0 Å². The molecule has 0 bridgehead atoms. The van der Waals surface area contributed by atoms with Gasteiger partial charge in [0.05, 0.1) is 0 Å². The van der Waals surface area contributed by atoms with Crippen LogP contribution < -0.4 is 4.90 Å². The van der Waals surface area contributed by atoms with Crippen LogP contribution in [-0.2, 0) is 0 Å². The van der Waals surface area contributed by atoms with Gasteiger partial charge in [-0.3, -0.25) is 4.90 Å². The number of likely N-dealkylation sites (tertiary alicyclic amines) is 1. The summed E-state index contributed by atoms with van der Waals surface area (Å²) in [5.41, 5.74) is 2.50. The monoisotopic (exact) mass is 295 g/mol. The van der Waals surface area contributed by atoms with Crippen molar-refractivity contribution in [3.05, 3.63) is 54.2 Å². The second-order valence-corrected chi connectivity index (χ2v) is 6.33. The van der Waals surface area contributed by atoms with E-state index < -0.39 is 0 Å². The lowest BCUT2D eigenvalue weighted by Crippen LogP contribution is -2.30. The fraction of sp³-hybridized carbons (Fsp3) is 0.421. The van der Waals surface area contributed by atoms with Gasteiger partial charge in [0.15, 0.2) is 0 Å². The van der Waals surface area contributed by atoms with Gasteiger partial charge in [0.2, 0.25) is 0 Å². The number of anilines is 2. The van der Waals surface area contributed by atoms with Crippen LogP contribution in [-0.4, -0.2) is 29.5 Å². The van der Waals surface area contributed by atoms with Gasteiger partial charge in [0.1, 0.15) is 5.82 Å². The van der Waals surface area contributed by atoms with Crippen molar-refractivity contribution in [3.63, 3.8) is 0 Å². The van der Waals surface area contributed by atoms with E-state index in [1.807, 2.05) is 6.07 Å². The Kier molecular flexibility index (Phi) is 4.44. The van der Waals surface area contributed by atoms with Crippen molar-refractivity contribution in [2.45, 2.75) is 38.8 Å². The van der Waals surface area contributed by atoms with Gasteiger partial charge in [-0.25, -0.2) is 4.98 Å². The zero-order valence-corrected chi connectivity index (χ0v) is 13.7. The molecule has 0 N–H and O–H groups in total. The predicted molar refractivity (Wildman–Crippen MR) is 92.6 cm³/mol. The third-order valence-corrected chi connectivity index (χ3v) is 4.60. The molecule has 2 heterocycles. The average Bonchev–Trinajstić information content (AvgIpc) is 3.05. The first-order valence-electron chi connectivity index (χ1n) is 8.17. The summed E-state index contributed by atoms with van der Waals surface area (Å²) in [6.45, 7) is 5.76.